The van der Waals surface area contributed by atoms with Crippen LogP contribution < -0.4 is 10.2 Å². The number of nitrogens with one attached hydrogen (secondary N) is 1. The number of anilines is 1. The molecule has 2 aromatic carbocycles. The molecular weight excluding hydrogens is 368 g/mol. The Balaban J connectivity index is 1.67. The van der Waals surface area contributed by atoms with Gasteiger partial charge in [-0.15, -0.1) is 6.58 Å². The van der Waals surface area contributed by atoms with Crippen molar-refractivity contribution in [2.75, 3.05) is 11.4 Å². The maximum atomic E-state index is 13.2. The van der Waals surface area contributed by atoms with Crippen LogP contribution in [0.2, 0.25) is 0 Å². The molecule has 0 atom stereocenters. The van der Waals surface area contributed by atoms with Gasteiger partial charge in [0.15, 0.2) is 0 Å². The van der Waals surface area contributed by atoms with Gasteiger partial charge in [-0.1, -0.05) is 49.2 Å². The summed E-state index contributed by atoms with van der Waals surface area (Å²) in [6.07, 6.45) is 7.40. The Morgan fingerprint density at radius 2 is 1.93 bits per heavy atom. The molecule has 1 aliphatic carbocycles. The van der Waals surface area contributed by atoms with Gasteiger partial charge in [-0.05, 0) is 43.2 Å². The summed E-state index contributed by atoms with van der Waals surface area (Å²) in [7, 11) is 0. The standard InChI is InChI=1S/C23H24N2O2S/c1-2-14-25-19-15-16(22(26)24-17-8-4-3-5-9-17)12-13-21(19)28-20-11-7-6-10-18(20)23(25)27/h2,6-7,10-13,15,17H,1,3-5,8-9,14H2,(H,24,26). The molecule has 0 spiro atoms. The first-order valence-corrected chi connectivity index (χ1v) is 10.6. The number of hydrogen-bond acceptors (Lipinski definition) is 3. The molecule has 0 bridgehead atoms. The average Bonchev–Trinajstić information content (AvgIpc) is 2.84. The molecule has 2 aliphatic rings. The zero-order chi connectivity index (χ0) is 19.5. The van der Waals surface area contributed by atoms with Crippen molar-refractivity contribution in [3.8, 4) is 0 Å². The van der Waals surface area contributed by atoms with Crippen molar-refractivity contribution >= 4 is 29.3 Å². The van der Waals surface area contributed by atoms with Crippen LogP contribution in [0.5, 0.6) is 0 Å². The molecule has 0 saturated heterocycles. The lowest BCUT2D eigenvalue weighted by atomic mass is 9.95. The lowest BCUT2D eigenvalue weighted by Gasteiger charge is -2.24. The van der Waals surface area contributed by atoms with Crippen LogP contribution in [0.25, 0.3) is 0 Å². The lowest BCUT2D eigenvalue weighted by Crippen LogP contribution is -2.36. The zero-order valence-corrected chi connectivity index (χ0v) is 16.6. The van der Waals surface area contributed by atoms with E-state index in [1.165, 1.54) is 19.3 Å². The third kappa shape index (κ3) is 3.72. The first-order chi connectivity index (χ1) is 13.7. The van der Waals surface area contributed by atoms with Gasteiger partial charge in [0.2, 0.25) is 0 Å². The normalized spacial score (nSPS) is 16.7. The first kappa shape index (κ1) is 18.8. The van der Waals surface area contributed by atoms with Gasteiger partial charge in [0.1, 0.15) is 0 Å². The Bertz CT molecular complexity index is 919. The predicted octanol–water partition coefficient (Wildman–Crippen LogP) is 5.05. The summed E-state index contributed by atoms with van der Waals surface area (Å²) in [5.74, 6) is -0.126. The molecule has 2 amide bonds. The maximum absolute atomic E-state index is 13.2. The smallest absolute Gasteiger partial charge is 0.259 e. The van der Waals surface area contributed by atoms with Crippen LogP contribution in [0, 0.1) is 0 Å². The molecule has 2 aromatic rings. The van der Waals surface area contributed by atoms with Gasteiger partial charge >= 0.3 is 0 Å². The number of nitrogens with zero attached hydrogens (tertiary/aromatic N) is 1. The van der Waals surface area contributed by atoms with Crippen LogP contribution in [-0.4, -0.2) is 24.4 Å². The fraction of sp³-hybridized carbons (Fsp3) is 0.304. The van der Waals surface area contributed by atoms with E-state index in [1.54, 1.807) is 22.7 Å². The molecule has 0 radical (unpaired) electrons. The minimum Gasteiger partial charge on any atom is -0.349 e. The van der Waals surface area contributed by atoms with Crippen LogP contribution >= 0.6 is 11.8 Å². The van der Waals surface area contributed by atoms with Gasteiger partial charge in [0.05, 0.1) is 11.3 Å². The fourth-order valence-electron chi connectivity index (χ4n) is 3.89. The molecule has 144 valence electrons. The molecule has 28 heavy (non-hydrogen) atoms. The van der Waals surface area contributed by atoms with Crippen LogP contribution in [0.3, 0.4) is 0 Å². The molecule has 0 unspecified atom stereocenters. The number of amides is 2. The Morgan fingerprint density at radius 3 is 2.71 bits per heavy atom. The van der Waals surface area contributed by atoms with E-state index < -0.39 is 0 Å². The number of rotatable bonds is 4. The Morgan fingerprint density at radius 1 is 1.14 bits per heavy atom. The molecule has 0 aromatic heterocycles. The molecule has 1 saturated carbocycles. The third-order valence-electron chi connectivity index (χ3n) is 5.35. The Kier molecular flexibility index (Phi) is 5.53. The van der Waals surface area contributed by atoms with Crippen LogP contribution in [0.4, 0.5) is 5.69 Å². The van der Waals surface area contributed by atoms with E-state index >= 15 is 0 Å². The van der Waals surface area contributed by atoms with Gasteiger partial charge in [0, 0.05) is 27.9 Å². The number of carbonyl (C=O) groups excluding carboxylic acids is 2. The van der Waals surface area contributed by atoms with E-state index in [4.69, 9.17) is 0 Å². The molecular formula is C23H24N2O2S. The van der Waals surface area contributed by atoms with Gasteiger partial charge in [-0.25, -0.2) is 0 Å². The Hall–Kier alpha value is -2.53. The van der Waals surface area contributed by atoms with Crippen molar-refractivity contribution in [1.29, 1.82) is 0 Å². The molecule has 1 aliphatic heterocycles. The van der Waals surface area contributed by atoms with Gasteiger partial charge in [0.25, 0.3) is 11.8 Å². The summed E-state index contributed by atoms with van der Waals surface area (Å²) < 4.78 is 0. The zero-order valence-electron chi connectivity index (χ0n) is 15.8. The fourth-order valence-corrected chi connectivity index (χ4v) is 4.95. The summed E-state index contributed by atoms with van der Waals surface area (Å²) in [5, 5.41) is 3.16. The van der Waals surface area contributed by atoms with Gasteiger partial charge < -0.3 is 10.2 Å². The van der Waals surface area contributed by atoms with Gasteiger partial charge in [-0.2, -0.15) is 0 Å². The second kappa shape index (κ2) is 8.23. The summed E-state index contributed by atoms with van der Waals surface area (Å²) in [6.45, 7) is 4.20. The monoisotopic (exact) mass is 392 g/mol. The van der Waals surface area contributed by atoms with E-state index in [2.05, 4.69) is 11.9 Å². The van der Waals surface area contributed by atoms with E-state index in [9.17, 15) is 9.59 Å². The van der Waals surface area contributed by atoms with Crippen molar-refractivity contribution in [2.45, 2.75) is 47.9 Å². The minimum atomic E-state index is -0.0633. The topological polar surface area (TPSA) is 49.4 Å². The first-order valence-electron chi connectivity index (χ1n) is 9.82. The number of fused-ring (bicyclic) bond motifs is 2. The summed E-state index contributed by atoms with van der Waals surface area (Å²) in [6, 6.07) is 13.5. The van der Waals surface area contributed by atoms with E-state index in [0.29, 0.717) is 17.7 Å². The SMILES string of the molecule is C=CCN1C(=O)c2ccccc2Sc2ccc(C(=O)NC3CCCCC3)cc21. The quantitative estimate of drug-likeness (QED) is 0.741. The lowest BCUT2D eigenvalue weighted by molar-refractivity contribution is 0.0925. The largest absolute Gasteiger partial charge is 0.349 e. The highest BCUT2D eigenvalue weighted by Gasteiger charge is 2.27. The number of carbonyl (C=O) groups is 2. The van der Waals surface area contributed by atoms with E-state index in [0.717, 1.165) is 28.3 Å². The van der Waals surface area contributed by atoms with Crippen molar-refractivity contribution in [3.05, 3.63) is 66.2 Å². The van der Waals surface area contributed by atoms with E-state index in [-0.39, 0.29) is 17.9 Å². The van der Waals surface area contributed by atoms with Crippen molar-refractivity contribution < 1.29 is 9.59 Å². The summed E-state index contributed by atoms with van der Waals surface area (Å²) in [4.78, 5) is 29.6. The highest BCUT2D eigenvalue weighted by molar-refractivity contribution is 7.99. The molecule has 1 fully saturated rings. The molecule has 1 N–H and O–H groups in total. The molecule has 4 rings (SSSR count). The van der Waals surface area contributed by atoms with Gasteiger partial charge in [-0.3, -0.25) is 9.59 Å². The van der Waals surface area contributed by atoms with Crippen molar-refractivity contribution in [3.63, 3.8) is 0 Å². The maximum Gasteiger partial charge on any atom is 0.259 e. The third-order valence-corrected chi connectivity index (χ3v) is 6.49. The number of hydrogen-bond donors (Lipinski definition) is 1. The van der Waals surface area contributed by atoms with E-state index in [1.807, 2.05) is 42.5 Å². The second-order valence-corrected chi connectivity index (χ2v) is 8.38. The van der Waals surface area contributed by atoms with Crippen molar-refractivity contribution in [2.24, 2.45) is 0 Å². The molecule has 4 nitrogen and oxygen atoms in total. The van der Waals surface area contributed by atoms with Crippen LogP contribution in [0.15, 0.2) is 64.9 Å². The van der Waals surface area contributed by atoms with Crippen LogP contribution in [-0.2, 0) is 0 Å². The number of benzene rings is 2. The summed E-state index contributed by atoms with van der Waals surface area (Å²) in [5.41, 5.74) is 2.04. The predicted molar refractivity (Wildman–Crippen MR) is 113 cm³/mol. The average molecular weight is 393 g/mol. The highest BCUT2D eigenvalue weighted by Crippen LogP contribution is 2.41. The molecule has 5 heteroatoms. The second-order valence-electron chi connectivity index (χ2n) is 7.29. The minimum absolute atomic E-state index is 0.0625. The summed E-state index contributed by atoms with van der Waals surface area (Å²) >= 11 is 1.56. The van der Waals surface area contributed by atoms with Crippen LogP contribution in [0.1, 0.15) is 52.8 Å². The Labute approximate surface area is 170 Å². The highest BCUT2D eigenvalue weighted by atomic mass is 32.2. The van der Waals surface area contributed by atoms with Crippen molar-refractivity contribution in [1.82, 2.24) is 5.32 Å². The molecule has 1 heterocycles.